The molecule has 5 rings (SSSR count). The summed E-state index contributed by atoms with van der Waals surface area (Å²) in [5.74, 6) is 0.531. The molecule has 174 valence electrons. The Bertz CT molecular complexity index is 1200. The van der Waals surface area contributed by atoms with Gasteiger partial charge in [0.15, 0.2) is 14.9 Å². The van der Waals surface area contributed by atoms with Crippen molar-refractivity contribution < 1.29 is 8.42 Å². The molecule has 2 aromatic carbocycles. The molecule has 0 radical (unpaired) electrons. The minimum atomic E-state index is -3.39. The van der Waals surface area contributed by atoms with Crippen LogP contribution in [0.15, 0.2) is 66.1 Å². The van der Waals surface area contributed by atoms with Crippen LogP contribution in [0.2, 0.25) is 0 Å². The number of rotatable bonds is 7. The smallest absolute Gasteiger partial charge is 0.197 e. The van der Waals surface area contributed by atoms with Gasteiger partial charge in [-0.25, -0.2) is 13.4 Å². The molecule has 0 spiro atoms. The SMILES string of the molecule is Cn1cnc(S(=O)(=O)CCc2ccc3c(c2)C(Cc2ccccc2)C(N2CCCC2)CC3)c1. The summed E-state index contributed by atoms with van der Waals surface area (Å²) in [7, 11) is -1.59. The number of hydrogen-bond donors (Lipinski definition) is 0. The van der Waals surface area contributed by atoms with E-state index in [1.165, 1.54) is 49.0 Å². The fourth-order valence-corrected chi connectivity index (χ4v) is 6.86. The minimum Gasteiger partial charge on any atom is -0.339 e. The van der Waals surface area contributed by atoms with Crippen molar-refractivity contribution in [3.05, 3.63) is 83.3 Å². The molecule has 2 atom stereocenters. The molecular weight excluding hydrogens is 430 g/mol. The van der Waals surface area contributed by atoms with E-state index in [4.69, 9.17) is 0 Å². The van der Waals surface area contributed by atoms with Crippen molar-refractivity contribution in [2.45, 2.75) is 55.5 Å². The van der Waals surface area contributed by atoms with E-state index in [1.807, 2.05) is 0 Å². The summed E-state index contributed by atoms with van der Waals surface area (Å²) in [4.78, 5) is 6.76. The highest BCUT2D eigenvalue weighted by Gasteiger charge is 2.35. The van der Waals surface area contributed by atoms with Gasteiger partial charge in [0, 0.05) is 25.2 Å². The van der Waals surface area contributed by atoms with Crippen molar-refractivity contribution in [2.75, 3.05) is 18.8 Å². The molecule has 1 fully saturated rings. The number of aryl methyl sites for hydroxylation is 3. The highest BCUT2D eigenvalue weighted by molar-refractivity contribution is 7.91. The maximum atomic E-state index is 12.8. The lowest BCUT2D eigenvalue weighted by atomic mass is 9.75. The van der Waals surface area contributed by atoms with E-state index in [1.54, 1.807) is 24.1 Å². The van der Waals surface area contributed by atoms with E-state index in [2.05, 4.69) is 58.4 Å². The monoisotopic (exact) mass is 463 g/mol. The van der Waals surface area contributed by atoms with Crippen LogP contribution in [-0.4, -0.2) is 47.8 Å². The zero-order valence-corrected chi connectivity index (χ0v) is 20.2. The van der Waals surface area contributed by atoms with Crippen molar-refractivity contribution in [1.29, 1.82) is 0 Å². The Labute approximate surface area is 197 Å². The topological polar surface area (TPSA) is 55.2 Å². The molecule has 1 aliphatic carbocycles. The lowest BCUT2D eigenvalue weighted by Crippen LogP contribution is -2.41. The predicted octanol–water partition coefficient (Wildman–Crippen LogP) is 4.17. The molecule has 1 saturated heterocycles. The van der Waals surface area contributed by atoms with Crippen LogP contribution in [0, 0.1) is 0 Å². The lowest BCUT2D eigenvalue weighted by molar-refractivity contribution is 0.188. The lowest BCUT2D eigenvalue weighted by Gasteiger charge is -2.40. The van der Waals surface area contributed by atoms with Gasteiger partial charge >= 0.3 is 0 Å². The van der Waals surface area contributed by atoms with Crippen molar-refractivity contribution in [1.82, 2.24) is 14.5 Å². The van der Waals surface area contributed by atoms with Gasteiger partial charge in [-0.05, 0) is 73.9 Å². The zero-order chi connectivity index (χ0) is 22.8. The van der Waals surface area contributed by atoms with Crippen LogP contribution in [0.5, 0.6) is 0 Å². The van der Waals surface area contributed by atoms with Crippen LogP contribution in [0.1, 0.15) is 47.4 Å². The van der Waals surface area contributed by atoms with Crippen molar-refractivity contribution >= 4 is 9.84 Å². The highest BCUT2D eigenvalue weighted by atomic mass is 32.2. The van der Waals surface area contributed by atoms with Gasteiger partial charge in [-0.2, -0.15) is 0 Å². The number of imidazole rings is 1. The molecule has 2 heterocycles. The normalized spacial score (nSPS) is 21.2. The largest absolute Gasteiger partial charge is 0.339 e. The minimum absolute atomic E-state index is 0.0850. The van der Waals surface area contributed by atoms with E-state index in [0.29, 0.717) is 18.4 Å². The molecule has 0 bridgehead atoms. The first-order valence-electron chi connectivity index (χ1n) is 12.1. The quantitative estimate of drug-likeness (QED) is 0.528. The third-order valence-electron chi connectivity index (χ3n) is 7.35. The second-order valence-corrected chi connectivity index (χ2v) is 11.7. The van der Waals surface area contributed by atoms with E-state index >= 15 is 0 Å². The van der Waals surface area contributed by atoms with Crippen molar-refractivity contribution in [2.24, 2.45) is 7.05 Å². The maximum Gasteiger partial charge on any atom is 0.197 e. The summed E-state index contributed by atoms with van der Waals surface area (Å²) < 4.78 is 27.2. The molecule has 1 aromatic heterocycles. The molecule has 33 heavy (non-hydrogen) atoms. The van der Waals surface area contributed by atoms with Crippen molar-refractivity contribution in [3.63, 3.8) is 0 Å². The molecule has 2 aliphatic rings. The summed E-state index contributed by atoms with van der Waals surface area (Å²) in [5, 5.41) is 0.166. The number of fused-ring (bicyclic) bond motifs is 1. The van der Waals surface area contributed by atoms with Crippen molar-refractivity contribution in [3.8, 4) is 0 Å². The summed E-state index contributed by atoms with van der Waals surface area (Å²) in [6, 6.07) is 18.0. The van der Waals surface area contributed by atoms with Crippen LogP contribution in [0.25, 0.3) is 0 Å². The van der Waals surface area contributed by atoms with Crippen LogP contribution in [0.4, 0.5) is 0 Å². The third-order valence-corrected chi connectivity index (χ3v) is 8.94. The number of aromatic nitrogens is 2. The van der Waals surface area contributed by atoms with Crippen LogP contribution in [0.3, 0.4) is 0 Å². The Kier molecular flexibility index (Phi) is 6.39. The van der Waals surface area contributed by atoms with Crippen LogP contribution in [-0.2, 0) is 36.1 Å². The molecule has 0 amide bonds. The number of hydrogen-bond acceptors (Lipinski definition) is 4. The van der Waals surface area contributed by atoms with Gasteiger partial charge in [-0.3, -0.25) is 4.90 Å². The summed E-state index contributed by atoms with van der Waals surface area (Å²) >= 11 is 0. The average Bonchev–Trinajstić information content (AvgIpc) is 3.51. The molecule has 0 N–H and O–H groups in total. The Morgan fingerprint density at radius 1 is 1.03 bits per heavy atom. The second kappa shape index (κ2) is 9.43. The van der Waals surface area contributed by atoms with Gasteiger partial charge < -0.3 is 4.57 Å². The molecule has 6 heteroatoms. The first kappa shape index (κ1) is 22.4. The highest BCUT2D eigenvalue weighted by Crippen LogP contribution is 2.39. The molecule has 0 saturated carbocycles. The number of benzene rings is 2. The molecular formula is C27H33N3O2S. The second-order valence-electron chi connectivity index (χ2n) is 9.62. The van der Waals surface area contributed by atoms with E-state index < -0.39 is 9.84 Å². The van der Waals surface area contributed by atoms with E-state index in [-0.39, 0.29) is 10.8 Å². The summed E-state index contributed by atoms with van der Waals surface area (Å²) in [6.45, 7) is 2.40. The van der Waals surface area contributed by atoms with E-state index in [9.17, 15) is 8.42 Å². The van der Waals surface area contributed by atoms with Gasteiger partial charge in [-0.1, -0.05) is 48.5 Å². The Hall–Kier alpha value is -2.44. The van der Waals surface area contributed by atoms with Gasteiger partial charge in [0.25, 0.3) is 0 Å². The Morgan fingerprint density at radius 2 is 1.82 bits per heavy atom. The average molecular weight is 464 g/mol. The molecule has 2 unspecified atom stereocenters. The summed E-state index contributed by atoms with van der Waals surface area (Å²) in [5.41, 5.74) is 5.34. The van der Waals surface area contributed by atoms with E-state index in [0.717, 1.165) is 18.4 Å². The van der Waals surface area contributed by atoms with Gasteiger partial charge in [0.1, 0.15) is 0 Å². The fourth-order valence-electron chi connectivity index (χ4n) is 5.62. The number of nitrogens with zero attached hydrogens (tertiary/aromatic N) is 3. The first-order chi connectivity index (χ1) is 16.0. The zero-order valence-electron chi connectivity index (χ0n) is 19.4. The van der Waals surface area contributed by atoms with Gasteiger partial charge in [0.05, 0.1) is 12.1 Å². The Balaban J connectivity index is 1.41. The molecule has 5 nitrogen and oxygen atoms in total. The molecule has 3 aromatic rings. The van der Waals surface area contributed by atoms with Gasteiger partial charge in [0.2, 0.25) is 0 Å². The van der Waals surface area contributed by atoms with Crippen LogP contribution < -0.4 is 0 Å². The first-order valence-corrected chi connectivity index (χ1v) is 13.8. The third kappa shape index (κ3) is 4.92. The summed E-state index contributed by atoms with van der Waals surface area (Å²) in [6.07, 6.45) is 9.58. The predicted molar refractivity (Wildman–Crippen MR) is 131 cm³/mol. The molecule has 1 aliphatic heterocycles. The standard InChI is InChI=1S/C27H33N3O2S/c1-29-19-27(28-20-29)33(31,32)16-13-22-9-10-23-11-12-26(30-14-5-6-15-30)25(24(23)17-22)18-21-7-3-2-4-8-21/h2-4,7-10,17,19-20,25-26H,5-6,11-16,18H2,1H3. The maximum absolute atomic E-state index is 12.8. The fraction of sp³-hybridized carbons (Fsp3) is 0.444. The number of likely N-dealkylation sites (tertiary alicyclic amines) is 1. The van der Waals surface area contributed by atoms with Crippen LogP contribution >= 0.6 is 0 Å². The van der Waals surface area contributed by atoms with Gasteiger partial charge in [-0.15, -0.1) is 0 Å². The Morgan fingerprint density at radius 3 is 2.55 bits per heavy atom. The number of sulfone groups is 1.